The highest BCUT2D eigenvalue weighted by atomic mass is 16.2. The molecule has 152 valence electrons. The van der Waals surface area contributed by atoms with E-state index in [0.29, 0.717) is 19.6 Å². The molecule has 29 heavy (non-hydrogen) atoms. The van der Waals surface area contributed by atoms with Gasteiger partial charge in [-0.3, -0.25) is 14.4 Å². The number of rotatable bonds is 6. The molecule has 6 nitrogen and oxygen atoms in total. The van der Waals surface area contributed by atoms with Gasteiger partial charge in [0.2, 0.25) is 5.43 Å². The third-order valence-electron chi connectivity index (χ3n) is 5.06. The lowest BCUT2D eigenvalue weighted by molar-refractivity contribution is 0.0759. The molecule has 2 heterocycles. The molecule has 1 aliphatic rings. The molecule has 0 aliphatic carbocycles. The van der Waals surface area contributed by atoms with Crippen LogP contribution in [0, 0.1) is 0 Å². The number of nitrogens with zero attached hydrogens (tertiary/aromatic N) is 2. The maximum Gasteiger partial charge on any atom is 0.259 e. The fraction of sp³-hybridized carbons (Fsp3) is 0.348. The summed E-state index contributed by atoms with van der Waals surface area (Å²) in [5.41, 5.74) is 0.518. The molecule has 0 spiro atoms. The third-order valence-corrected chi connectivity index (χ3v) is 5.06. The Morgan fingerprint density at radius 2 is 1.66 bits per heavy atom. The predicted molar refractivity (Wildman–Crippen MR) is 113 cm³/mol. The fourth-order valence-electron chi connectivity index (χ4n) is 3.54. The Kier molecular flexibility index (Phi) is 7.00. The second kappa shape index (κ2) is 9.87. The van der Waals surface area contributed by atoms with Crippen molar-refractivity contribution in [3.8, 4) is 0 Å². The molecule has 1 aliphatic heterocycles. The summed E-state index contributed by atoms with van der Waals surface area (Å²) in [7, 11) is 0. The molecule has 1 N–H and O–H groups in total. The van der Waals surface area contributed by atoms with Crippen LogP contribution >= 0.6 is 0 Å². The van der Waals surface area contributed by atoms with Crippen LogP contribution in [-0.2, 0) is 6.54 Å². The number of amides is 2. The van der Waals surface area contributed by atoms with Gasteiger partial charge in [0.25, 0.3) is 11.8 Å². The highest BCUT2D eigenvalue weighted by Gasteiger charge is 2.24. The van der Waals surface area contributed by atoms with E-state index in [0.717, 1.165) is 31.2 Å². The van der Waals surface area contributed by atoms with Crippen LogP contribution in [0.2, 0.25) is 0 Å². The maximum atomic E-state index is 13.1. The molecule has 3 rings (SSSR count). The first kappa shape index (κ1) is 20.6. The summed E-state index contributed by atoms with van der Waals surface area (Å²) in [6.45, 7) is 5.58. The van der Waals surface area contributed by atoms with Crippen LogP contribution in [-0.4, -0.2) is 40.9 Å². The minimum atomic E-state index is -0.523. The summed E-state index contributed by atoms with van der Waals surface area (Å²) in [5, 5.41) is 2.64. The van der Waals surface area contributed by atoms with Gasteiger partial charge >= 0.3 is 0 Å². The number of pyridine rings is 1. The standard InChI is InChI=1S/C23H27N3O3/c1-2-12-24-22(28)19-16-25(15-18-10-6-5-7-11-18)17-20(21(19)27)23(29)26-13-8-3-4-9-14-26/h2,5-7,10-11,16-17H,1,3-4,8-9,12-15H2,(H,24,28). The molecule has 0 bridgehead atoms. The number of carbonyl (C=O) groups is 2. The fourth-order valence-corrected chi connectivity index (χ4v) is 3.54. The van der Waals surface area contributed by atoms with Crippen LogP contribution < -0.4 is 10.7 Å². The molecule has 1 aromatic heterocycles. The highest BCUT2D eigenvalue weighted by molar-refractivity contribution is 5.99. The van der Waals surface area contributed by atoms with Gasteiger partial charge in [-0.1, -0.05) is 49.2 Å². The zero-order valence-corrected chi connectivity index (χ0v) is 16.6. The Labute approximate surface area is 170 Å². The van der Waals surface area contributed by atoms with Gasteiger partial charge in [0, 0.05) is 38.6 Å². The molecule has 2 aromatic rings. The second-order valence-electron chi connectivity index (χ2n) is 7.28. The normalized spacial score (nSPS) is 14.1. The van der Waals surface area contributed by atoms with Crippen LogP contribution in [0.15, 0.2) is 60.2 Å². The van der Waals surface area contributed by atoms with Gasteiger partial charge < -0.3 is 14.8 Å². The molecule has 2 amide bonds. The van der Waals surface area contributed by atoms with Crippen molar-refractivity contribution < 1.29 is 9.59 Å². The minimum absolute atomic E-state index is 0.0246. The van der Waals surface area contributed by atoms with Crippen LogP contribution in [0.3, 0.4) is 0 Å². The van der Waals surface area contributed by atoms with E-state index in [1.807, 2.05) is 30.3 Å². The summed E-state index contributed by atoms with van der Waals surface area (Å²) in [4.78, 5) is 40.4. The van der Waals surface area contributed by atoms with Crippen molar-refractivity contribution >= 4 is 11.8 Å². The SMILES string of the molecule is C=CCNC(=O)c1cn(Cc2ccccc2)cc(C(=O)N2CCCCCC2)c1=O. The summed E-state index contributed by atoms with van der Waals surface area (Å²) in [6.07, 6.45) is 8.69. The van der Waals surface area contributed by atoms with Crippen LogP contribution in [0.4, 0.5) is 0 Å². The van der Waals surface area contributed by atoms with E-state index < -0.39 is 11.3 Å². The average molecular weight is 393 g/mol. The minimum Gasteiger partial charge on any atom is -0.348 e. The van der Waals surface area contributed by atoms with Crippen LogP contribution in [0.25, 0.3) is 0 Å². The Hall–Kier alpha value is -3.15. The highest BCUT2D eigenvalue weighted by Crippen LogP contribution is 2.13. The van der Waals surface area contributed by atoms with Crippen LogP contribution in [0.5, 0.6) is 0 Å². The molecule has 0 atom stereocenters. The summed E-state index contributed by atoms with van der Waals surface area (Å²) in [6, 6.07) is 9.72. The topological polar surface area (TPSA) is 71.4 Å². The van der Waals surface area contributed by atoms with Gasteiger partial charge in [-0.05, 0) is 18.4 Å². The van der Waals surface area contributed by atoms with Gasteiger partial charge in [-0.2, -0.15) is 0 Å². The van der Waals surface area contributed by atoms with E-state index in [2.05, 4.69) is 11.9 Å². The molecular formula is C23H27N3O3. The Balaban J connectivity index is 1.99. The summed E-state index contributed by atoms with van der Waals surface area (Å²) in [5.74, 6) is -0.792. The third kappa shape index (κ3) is 5.22. The van der Waals surface area contributed by atoms with Crippen molar-refractivity contribution in [3.63, 3.8) is 0 Å². The van der Waals surface area contributed by atoms with Crippen LogP contribution in [0.1, 0.15) is 52.0 Å². The van der Waals surface area contributed by atoms with E-state index in [1.54, 1.807) is 21.7 Å². The smallest absolute Gasteiger partial charge is 0.259 e. The van der Waals surface area contributed by atoms with Crippen molar-refractivity contribution in [2.24, 2.45) is 0 Å². The molecular weight excluding hydrogens is 366 g/mol. The number of carbonyl (C=O) groups excluding carboxylic acids is 2. The van der Waals surface area contributed by atoms with E-state index in [4.69, 9.17) is 0 Å². The molecule has 0 unspecified atom stereocenters. The van der Waals surface area contributed by atoms with Gasteiger partial charge in [0.15, 0.2) is 0 Å². The Bertz CT molecular complexity index is 926. The predicted octanol–water partition coefficient (Wildman–Crippen LogP) is 2.83. The van der Waals surface area contributed by atoms with Gasteiger partial charge in [0.1, 0.15) is 11.1 Å². The molecule has 0 radical (unpaired) electrons. The van der Waals surface area contributed by atoms with Crippen molar-refractivity contribution in [2.45, 2.75) is 32.2 Å². The largest absolute Gasteiger partial charge is 0.348 e. The van der Waals surface area contributed by atoms with Crippen molar-refractivity contribution in [2.75, 3.05) is 19.6 Å². The zero-order valence-electron chi connectivity index (χ0n) is 16.6. The average Bonchev–Trinajstić information content (AvgIpc) is 3.03. The van der Waals surface area contributed by atoms with E-state index in [1.165, 1.54) is 6.20 Å². The van der Waals surface area contributed by atoms with Crippen molar-refractivity contribution in [1.29, 1.82) is 0 Å². The lowest BCUT2D eigenvalue weighted by Crippen LogP contribution is -2.38. The first-order chi connectivity index (χ1) is 14.1. The summed E-state index contributed by atoms with van der Waals surface area (Å²) < 4.78 is 1.74. The molecule has 6 heteroatoms. The quantitative estimate of drug-likeness (QED) is 0.767. The number of hydrogen-bond donors (Lipinski definition) is 1. The number of hydrogen-bond acceptors (Lipinski definition) is 3. The Morgan fingerprint density at radius 1 is 1.00 bits per heavy atom. The first-order valence-corrected chi connectivity index (χ1v) is 10.1. The Morgan fingerprint density at radius 3 is 2.31 bits per heavy atom. The molecule has 1 fully saturated rings. The number of benzene rings is 1. The first-order valence-electron chi connectivity index (χ1n) is 10.1. The van der Waals surface area contributed by atoms with E-state index >= 15 is 0 Å². The van der Waals surface area contributed by atoms with E-state index in [-0.39, 0.29) is 23.6 Å². The monoisotopic (exact) mass is 393 g/mol. The number of likely N-dealkylation sites (tertiary alicyclic amines) is 1. The number of nitrogens with one attached hydrogen (secondary N) is 1. The lowest BCUT2D eigenvalue weighted by atomic mass is 10.1. The molecule has 1 saturated heterocycles. The molecule has 0 saturated carbocycles. The number of aromatic nitrogens is 1. The van der Waals surface area contributed by atoms with Crippen molar-refractivity contribution in [3.05, 3.63) is 82.3 Å². The summed E-state index contributed by atoms with van der Waals surface area (Å²) >= 11 is 0. The van der Waals surface area contributed by atoms with Gasteiger partial charge in [0.05, 0.1) is 0 Å². The molecule has 1 aromatic carbocycles. The van der Waals surface area contributed by atoms with E-state index in [9.17, 15) is 14.4 Å². The zero-order chi connectivity index (χ0) is 20.6. The van der Waals surface area contributed by atoms with Gasteiger partial charge in [-0.25, -0.2) is 0 Å². The lowest BCUT2D eigenvalue weighted by Gasteiger charge is -2.21. The maximum absolute atomic E-state index is 13.1. The van der Waals surface area contributed by atoms with Crippen molar-refractivity contribution in [1.82, 2.24) is 14.8 Å². The van der Waals surface area contributed by atoms with Gasteiger partial charge in [-0.15, -0.1) is 6.58 Å². The second-order valence-corrected chi connectivity index (χ2v) is 7.28.